The molecule has 0 aromatic carbocycles. The lowest BCUT2D eigenvalue weighted by Gasteiger charge is -2.24. The third-order valence-corrected chi connectivity index (χ3v) is 4.27. The van der Waals surface area contributed by atoms with Crippen LogP contribution in [0.15, 0.2) is 0 Å². The molecule has 1 unspecified atom stereocenters. The Morgan fingerprint density at radius 1 is 1.48 bits per heavy atom. The highest BCUT2D eigenvalue weighted by Gasteiger charge is 2.31. The fraction of sp³-hybridized carbons (Fsp3) is 0.786. The zero-order valence-electron chi connectivity index (χ0n) is 13.0. The van der Waals surface area contributed by atoms with E-state index in [1.807, 2.05) is 13.8 Å². The lowest BCUT2D eigenvalue weighted by molar-refractivity contribution is -0.384. The van der Waals surface area contributed by atoms with Crippen molar-refractivity contribution in [3.8, 4) is 0 Å². The van der Waals surface area contributed by atoms with Crippen LogP contribution >= 0.6 is 0 Å². The second-order valence-corrected chi connectivity index (χ2v) is 6.11. The van der Waals surface area contributed by atoms with Gasteiger partial charge in [0.1, 0.15) is 5.69 Å². The Kier molecular flexibility index (Phi) is 4.82. The van der Waals surface area contributed by atoms with Crippen molar-refractivity contribution in [2.24, 2.45) is 11.7 Å². The van der Waals surface area contributed by atoms with Gasteiger partial charge in [-0.15, -0.1) is 0 Å². The first-order valence-corrected chi connectivity index (χ1v) is 7.65. The minimum Gasteiger partial charge on any atom is -0.360 e. The van der Waals surface area contributed by atoms with Gasteiger partial charge in [-0.1, -0.05) is 12.8 Å². The van der Waals surface area contributed by atoms with E-state index < -0.39 is 0 Å². The smallest absolute Gasteiger partial charge is 0.333 e. The second kappa shape index (κ2) is 6.43. The molecule has 21 heavy (non-hydrogen) atoms. The van der Waals surface area contributed by atoms with Crippen LogP contribution in [-0.2, 0) is 0 Å². The first-order valence-electron chi connectivity index (χ1n) is 7.65. The van der Waals surface area contributed by atoms with E-state index in [1.165, 1.54) is 12.8 Å². The minimum absolute atomic E-state index is 0.0573. The summed E-state index contributed by atoms with van der Waals surface area (Å²) in [6.07, 6.45) is 4.70. The van der Waals surface area contributed by atoms with Crippen molar-refractivity contribution in [1.82, 2.24) is 9.78 Å². The Labute approximate surface area is 125 Å². The van der Waals surface area contributed by atoms with Crippen molar-refractivity contribution in [3.63, 3.8) is 0 Å². The SMILES string of the molecule is Cc1nn(C(C)C)c(NC(CN)C2CCCC2)c1[N+](=O)[O-]. The molecule has 0 saturated heterocycles. The maximum atomic E-state index is 11.4. The summed E-state index contributed by atoms with van der Waals surface area (Å²) in [6, 6.07) is 0.127. The molecule has 3 N–H and O–H groups in total. The highest BCUT2D eigenvalue weighted by molar-refractivity contribution is 5.60. The minimum atomic E-state index is -0.355. The molecular formula is C14H25N5O2. The van der Waals surface area contributed by atoms with E-state index in [1.54, 1.807) is 11.6 Å². The van der Waals surface area contributed by atoms with Crippen molar-refractivity contribution in [2.75, 3.05) is 11.9 Å². The largest absolute Gasteiger partial charge is 0.360 e. The first-order chi connectivity index (χ1) is 9.95. The van der Waals surface area contributed by atoms with Gasteiger partial charge in [0.25, 0.3) is 0 Å². The van der Waals surface area contributed by atoms with Crippen LogP contribution in [0.25, 0.3) is 0 Å². The first kappa shape index (κ1) is 15.8. The van der Waals surface area contributed by atoms with Crippen molar-refractivity contribution in [3.05, 3.63) is 15.8 Å². The highest BCUT2D eigenvalue weighted by Crippen LogP contribution is 2.34. The molecule has 1 aliphatic carbocycles. The molecule has 0 radical (unpaired) electrons. The highest BCUT2D eigenvalue weighted by atomic mass is 16.6. The summed E-state index contributed by atoms with van der Waals surface area (Å²) < 4.78 is 1.70. The van der Waals surface area contributed by atoms with Gasteiger partial charge in [-0.05, 0) is 39.5 Å². The van der Waals surface area contributed by atoms with Crippen LogP contribution in [0.4, 0.5) is 11.5 Å². The van der Waals surface area contributed by atoms with Crippen LogP contribution in [0.5, 0.6) is 0 Å². The van der Waals surface area contributed by atoms with Crippen molar-refractivity contribution < 1.29 is 4.92 Å². The number of anilines is 1. The molecule has 7 nitrogen and oxygen atoms in total. The lowest BCUT2D eigenvalue weighted by Crippen LogP contribution is -2.36. The molecule has 1 aromatic rings. The number of aryl methyl sites for hydroxylation is 1. The van der Waals surface area contributed by atoms with Gasteiger partial charge in [-0.2, -0.15) is 5.10 Å². The molecule has 2 rings (SSSR count). The molecule has 1 saturated carbocycles. The summed E-state index contributed by atoms with van der Waals surface area (Å²) in [5.41, 5.74) is 6.41. The van der Waals surface area contributed by atoms with Gasteiger partial charge >= 0.3 is 5.69 Å². The van der Waals surface area contributed by atoms with Gasteiger partial charge in [-0.3, -0.25) is 10.1 Å². The average Bonchev–Trinajstić information content (AvgIpc) is 3.03. The van der Waals surface area contributed by atoms with Crippen molar-refractivity contribution in [2.45, 2.75) is 58.5 Å². The summed E-state index contributed by atoms with van der Waals surface area (Å²) >= 11 is 0. The fourth-order valence-corrected chi connectivity index (χ4v) is 3.17. The van der Waals surface area contributed by atoms with Crippen LogP contribution < -0.4 is 11.1 Å². The van der Waals surface area contributed by atoms with Crippen LogP contribution in [0, 0.1) is 23.0 Å². The molecule has 0 aliphatic heterocycles. The molecule has 1 heterocycles. The summed E-state index contributed by atoms with van der Waals surface area (Å²) in [7, 11) is 0. The summed E-state index contributed by atoms with van der Waals surface area (Å²) in [6.45, 7) is 6.09. The fourth-order valence-electron chi connectivity index (χ4n) is 3.17. The van der Waals surface area contributed by atoms with Gasteiger partial charge in [0, 0.05) is 18.6 Å². The van der Waals surface area contributed by atoms with Gasteiger partial charge in [0.05, 0.1) is 4.92 Å². The van der Waals surface area contributed by atoms with E-state index in [0.717, 1.165) is 12.8 Å². The molecule has 0 spiro atoms. The second-order valence-electron chi connectivity index (χ2n) is 6.11. The predicted octanol–water partition coefficient (Wildman–Crippen LogP) is 2.61. The number of hydrogen-bond donors (Lipinski definition) is 2. The monoisotopic (exact) mass is 295 g/mol. The number of nitrogens with one attached hydrogen (secondary N) is 1. The molecule has 0 amide bonds. The Morgan fingerprint density at radius 3 is 2.57 bits per heavy atom. The Morgan fingerprint density at radius 2 is 2.10 bits per heavy atom. The van der Waals surface area contributed by atoms with E-state index in [4.69, 9.17) is 5.73 Å². The molecule has 0 bridgehead atoms. The topological polar surface area (TPSA) is 99.0 Å². The van der Waals surface area contributed by atoms with E-state index in [-0.39, 0.29) is 22.7 Å². The molecule has 1 atom stereocenters. The van der Waals surface area contributed by atoms with Gasteiger partial charge in [0.2, 0.25) is 5.82 Å². The van der Waals surface area contributed by atoms with Crippen LogP contribution in [0.3, 0.4) is 0 Å². The number of nitro groups is 1. The standard InChI is InChI=1S/C14H25N5O2/c1-9(2)18-14(13(19(20)21)10(3)17-18)16-12(8-15)11-6-4-5-7-11/h9,11-12,16H,4-8,15H2,1-3H3. The van der Waals surface area contributed by atoms with Gasteiger partial charge in [0.15, 0.2) is 0 Å². The van der Waals surface area contributed by atoms with Crippen LogP contribution in [0.2, 0.25) is 0 Å². The predicted molar refractivity (Wildman–Crippen MR) is 82.4 cm³/mol. The number of nitrogens with zero attached hydrogens (tertiary/aromatic N) is 3. The van der Waals surface area contributed by atoms with Gasteiger partial charge < -0.3 is 11.1 Å². The van der Waals surface area contributed by atoms with E-state index >= 15 is 0 Å². The zero-order valence-corrected chi connectivity index (χ0v) is 13.0. The quantitative estimate of drug-likeness (QED) is 0.621. The van der Waals surface area contributed by atoms with E-state index in [0.29, 0.717) is 24.0 Å². The van der Waals surface area contributed by atoms with E-state index in [2.05, 4.69) is 10.4 Å². The molecule has 118 valence electrons. The Bertz CT molecular complexity index is 506. The Balaban J connectivity index is 2.33. The molecule has 7 heteroatoms. The summed E-state index contributed by atoms with van der Waals surface area (Å²) in [5, 5.41) is 19.0. The summed E-state index contributed by atoms with van der Waals surface area (Å²) in [4.78, 5) is 11.0. The molecule has 1 aromatic heterocycles. The number of hydrogen-bond acceptors (Lipinski definition) is 5. The van der Waals surface area contributed by atoms with Crippen LogP contribution in [0.1, 0.15) is 51.3 Å². The lowest BCUT2D eigenvalue weighted by atomic mass is 9.98. The third kappa shape index (κ3) is 3.18. The van der Waals surface area contributed by atoms with E-state index in [9.17, 15) is 10.1 Å². The normalized spacial score (nSPS) is 17.4. The average molecular weight is 295 g/mol. The zero-order chi connectivity index (χ0) is 15.6. The maximum Gasteiger partial charge on any atom is 0.333 e. The number of aromatic nitrogens is 2. The summed E-state index contributed by atoms with van der Waals surface area (Å²) in [5.74, 6) is 0.986. The van der Waals surface area contributed by atoms with Crippen molar-refractivity contribution in [1.29, 1.82) is 0 Å². The van der Waals surface area contributed by atoms with Crippen molar-refractivity contribution >= 4 is 11.5 Å². The van der Waals surface area contributed by atoms with Crippen LogP contribution in [-0.4, -0.2) is 27.3 Å². The molecule has 1 aliphatic rings. The molecule has 1 fully saturated rings. The van der Waals surface area contributed by atoms with Gasteiger partial charge in [-0.25, -0.2) is 4.68 Å². The Hall–Kier alpha value is -1.63. The number of nitrogens with two attached hydrogens (primary N) is 1. The third-order valence-electron chi connectivity index (χ3n) is 4.27. The maximum absolute atomic E-state index is 11.4. The number of rotatable bonds is 6. The molecular weight excluding hydrogens is 270 g/mol.